The van der Waals surface area contributed by atoms with E-state index in [4.69, 9.17) is 4.52 Å². The summed E-state index contributed by atoms with van der Waals surface area (Å²) in [5, 5.41) is 4.16. The van der Waals surface area contributed by atoms with Crippen LogP contribution in [0, 0.1) is 13.8 Å². The van der Waals surface area contributed by atoms with Gasteiger partial charge in [0.1, 0.15) is 0 Å². The molecular formula is C22H23N3O2. The number of rotatable bonds is 4. The second kappa shape index (κ2) is 6.99. The van der Waals surface area contributed by atoms with Gasteiger partial charge in [0.15, 0.2) is 5.82 Å². The quantitative estimate of drug-likeness (QED) is 0.689. The van der Waals surface area contributed by atoms with E-state index in [-0.39, 0.29) is 11.8 Å². The Labute approximate surface area is 159 Å². The first-order valence-electron chi connectivity index (χ1n) is 9.36. The van der Waals surface area contributed by atoms with Crippen LogP contribution in [0.1, 0.15) is 41.8 Å². The lowest BCUT2D eigenvalue weighted by Crippen LogP contribution is -2.26. The van der Waals surface area contributed by atoms with Gasteiger partial charge in [0.05, 0.1) is 0 Å². The fraction of sp³-hybridized carbons (Fsp3) is 0.318. The third-order valence-corrected chi connectivity index (χ3v) is 5.25. The van der Waals surface area contributed by atoms with Gasteiger partial charge in [0, 0.05) is 30.1 Å². The molecule has 5 nitrogen and oxygen atoms in total. The molecule has 1 aromatic heterocycles. The number of benzene rings is 2. The molecule has 0 saturated carbocycles. The normalized spacial score (nSPS) is 16.9. The second-order valence-electron chi connectivity index (χ2n) is 7.15. The number of aryl methyl sites for hydroxylation is 3. The van der Waals surface area contributed by atoms with E-state index in [1.807, 2.05) is 49.1 Å². The smallest absolute Gasteiger partial charge is 0.257 e. The Kier molecular flexibility index (Phi) is 4.52. The fourth-order valence-electron chi connectivity index (χ4n) is 3.73. The molecule has 1 atom stereocenters. The van der Waals surface area contributed by atoms with Crippen LogP contribution in [0.15, 0.2) is 47.0 Å². The molecule has 3 aromatic rings. The van der Waals surface area contributed by atoms with E-state index in [2.05, 4.69) is 29.2 Å². The molecular weight excluding hydrogens is 338 g/mol. The number of aromatic nitrogens is 2. The van der Waals surface area contributed by atoms with E-state index >= 15 is 0 Å². The van der Waals surface area contributed by atoms with Gasteiger partial charge in [-0.15, -0.1) is 0 Å². The summed E-state index contributed by atoms with van der Waals surface area (Å²) in [6, 6.07) is 14.2. The van der Waals surface area contributed by atoms with Crippen LogP contribution in [0.4, 0.5) is 5.69 Å². The first-order chi connectivity index (χ1) is 13.1. The van der Waals surface area contributed by atoms with Crippen molar-refractivity contribution in [3.63, 3.8) is 0 Å². The molecule has 2 heterocycles. The van der Waals surface area contributed by atoms with Crippen molar-refractivity contribution in [1.82, 2.24) is 10.1 Å². The first-order valence-corrected chi connectivity index (χ1v) is 9.36. The maximum absolute atomic E-state index is 12.6. The number of hydrogen-bond acceptors (Lipinski definition) is 4. The number of carbonyl (C=O) groups excluding carboxylic acids is 1. The highest BCUT2D eigenvalue weighted by Gasteiger charge is 2.35. The van der Waals surface area contributed by atoms with Gasteiger partial charge in [-0.1, -0.05) is 42.4 Å². The zero-order valence-corrected chi connectivity index (χ0v) is 15.9. The molecule has 1 aliphatic rings. The fourth-order valence-corrected chi connectivity index (χ4v) is 3.73. The third-order valence-electron chi connectivity index (χ3n) is 5.25. The Hall–Kier alpha value is -2.95. The monoisotopic (exact) mass is 361 g/mol. The van der Waals surface area contributed by atoms with Gasteiger partial charge in [-0.25, -0.2) is 0 Å². The summed E-state index contributed by atoms with van der Waals surface area (Å²) >= 11 is 0. The van der Waals surface area contributed by atoms with E-state index in [0.29, 0.717) is 24.7 Å². The predicted molar refractivity (Wildman–Crippen MR) is 105 cm³/mol. The highest BCUT2D eigenvalue weighted by atomic mass is 16.5. The van der Waals surface area contributed by atoms with Crippen molar-refractivity contribution in [3.8, 4) is 11.5 Å². The summed E-state index contributed by atoms with van der Waals surface area (Å²) in [5.41, 5.74) is 5.39. The third kappa shape index (κ3) is 3.25. The van der Waals surface area contributed by atoms with Gasteiger partial charge < -0.3 is 9.42 Å². The molecule has 138 valence electrons. The van der Waals surface area contributed by atoms with Crippen LogP contribution in [0.2, 0.25) is 0 Å². The summed E-state index contributed by atoms with van der Waals surface area (Å²) in [4.78, 5) is 19.1. The van der Waals surface area contributed by atoms with E-state index in [1.165, 1.54) is 5.56 Å². The molecule has 0 spiro atoms. The van der Waals surface area contributed by atoms with Crippen molar-refractivity contribution >= 4 is 11.6 Å². The lowest BCUT2D eigenvalue weighted by Gasteiger charge is -2.21. The summed E-state index contributed by atoms with van der Waals surface area (Å²) in [6.45, 7) is 6.78. The molecule has 1 aliphatic heterocycles. The highest BCUT2D eigenvalue weighted by molar-refractivity contribution is 5.97. The molecule has 2 aromatic carbocycles. The minimum atomic E-state index is -0.0519. The standard InChI is InChI=1S/C22H23N3O2/c1-4-16-8-10-17(11-9-16)22-23-21(24-27-22)18-12-19(26)25(13-18)20-14(2)6-5-7-15(20)3/h5-11,18H,4,12-13H2,1-3H3. The largest absolute Gasteiger partial charge is 0.334 e. The van der Waals surface area contributed by atoms with Crippen molar-refractivity contribution in [1.29, 1.82) is 0 Å². The number of hydrogen-bond donors (Lipinski definition) is 0. The molecule has 27 heavy (non-hydrogen) atoms. The molecule has 1 unspecified atom stereocenters. The molecule has 0 N–H and O–H groups in total. The lowest BCUT2D eigenvalue weighted by molar-refractivity contribution is -0.117. The number of anilines is 1. The van der Waals surface area contributed by atoms with Crippen LogP contribution in [0.25, 0.3) is 11.5 Å². The zero-order valence-electron chi connectivity index (χ0n) is 15.9. The molecule has 4 rings (SSSR count). The zero-order chi connectivity index (χ0) is 19.0. The van der Waals surface area contributed by atoms with Crippen molar-refractivity contribution < 1.29 is 9.32 Å². The second-order valence-corrected chi connectivity index (χ2v) is 7.15. The van der Waals surface area contributed by atoms with Crippen LogP contribution in [0.3, 0.4) is 0 Å². The number of amides is 1. The van der Waals surface area contributed by atoms with Crippen molar-refractivity contribution in [2.45, 2.75) is 39.5 Å². The molecule has 1 amide bonds. The van der Waals surface area contributed by atoms with Gasteiger partial charge >= 0.3 is 0 Å². The molecule has 0 bridgehead atoms. The van der Waals surface area contributed by atoms with Crippen molar-refractivity contribution in [2.75, 3.05) is 11.4 Å². The minimum absolute atomic E-state index is 0.0519. The average molecular weight is 361 g/mol. The van der Waals surface area contributed by atoms with Crippen LogP contribution in [-0.4, -0.2) is 22.6 Å². The van der Waals surface area contributed by atoms with E-state index in [0.717, 1.165) is 28.8 Å². The van der Waals surface area contributed by atoms with E-state index in [9.17, 15) is 4.79 Å². The summed E-state index contributed by atoms with van der Waals surface area (Å²) in [6.07, 6.45) is 1.40. The Morgan fingerprint density at radius 1 is 1.11 bits per heavy atom. The maximum Gasteiger partial charge on any atom is 0.257 e. The number of nitrogens with zero attached hydrogens (tertiary/aromatic N) is 3. The maximum atomic E-state index is 12.6. The number of carbonyl (C=O) groups is 1. The van der Waals surface area contributed by atoms with Crippen molar-refractivity contribution in [3.05, 3.63) is 65.0 Å². The molecule has 5 heteroatoms. The van der Waals surface area contributed by atoms with Crippen LogP contribution >= 0.6 is 0 Å². The van der Waals surface area contributed by atoms with Gasteiger partial charge in [-0.2, -0.15) is 4.98 Å². The molecule has 0 aliphatic carbocycles. The molecule has 0 radical (unpaired) electrons. The Balaban J connectivity index is 1.57. The SMILES string of the molecule is CCc1ccc(-c2nc(C3CC(=O)N(c4c(C)cccc4C)C3)no2)cc1. The minimum Gasteiger partial charge on any atom is -0.334 e. The summed E-state index contributed by atoms with van der Waals surface area (Å²) < 4.78 is 5.47. The topological polar surface area (TPSA) is 59.2 Å². The Morgan fingerprint density at radius 3 is 2.48 bits per heavy atom. The Morgan fingerprint density at radius 2 is 1.81 bits per heavy atom. The molecule has 1 fully saturated rings. The van der Waals surface area contributed by atoms with E-state index in [1.54, 1.807) is 0 Å². The van der Waals surface area contributed by atoms with Gasteiger partial charge in [0.25, 0.3) is 5.89 Å². The van der Waals surface area contributed by atoms with Gasteiger partial charge in [-0.3, -0.25) is 4.79 Å². The van der Waals surface area contributed by atoms with Gasteiger partial charge in [0.2, 0.25) is 5.91 Å². The summed E-state index contributed by atoms with van der Waals surface area (Å²) in [5.74, 6) is 1.16. The predicted octanol–water partition coefficient (Wildman–Crippen LogP) is 4.44. The summed E-state index contributed by atoms with van der Waals surface area (Å²) in [7, 11) is 0. The van der Waals surface area contributed by atoms with Crippen LogP contribution in [0.5, 0.6) is 0 Å². The van der Waals surface area contributed by atoms with Crippen LogP contribution in [-0.2, 0) is 11.2 Å². The van der Waals surface area contributed by atoms with Crippen molar-refractivity contribution in [2.24, 2.45) is 0 Å². The van der Waals surface area contributed by atoms with Crippen LogP contribution < -0.4 is 4.90 Å². The lowest BCUT2D eigenvalue weighted by atomic mass is 10.1. The van der Waals surface area contributed by atoms with Gasteiger partial charge in [-0.05, 0) is 49.1 Å². The van der Waals surface area contributed by atoms with E-state index < -0.39 is 0 Å². The Bertz CT molecular complexity index is 955. The first kappa shape index (κ1) is 17.5. The highest BCUT2D eigenvalue weighted by Crippen LogP contribution is 2.34. The average Bonchev–Trinajstić information content (AvgIpc) is 3.29. The molecule has 1 saturated heterocycles. The number of para-hydroxylation sites is 1.